The second-order valence-electron chi connectivity index (χ2n) is 9.60. The molecule has 3 rings (SSSR count). The Morgan fingerprint density at radius 2 is 1.51 bits per heavy atom. The highest BCUT2D eigenvalue weighted by atomic mass is 19.3. The van der Waals surface area contributed by atoms with E-state index in [4.69, 9.17) is 18.9 Å². The van der Waals surface area contributed by atoms with Gasteiger partial charge in [0.1, 0.15) is 30.5 Å². The van der Waals surface area contributed by atoms with Gasteiger partial charge in [-0.3, -0.25) is 0 Å². The number of hydrogen-bond acceptors (Lipinski definition) is 6. The maximum absolute atomic E-state index is 13.6. The Labute approximate surface area is 250 Å². The van der Waals surface area contributed by atoms with Crippen LogP contribution in [-0.2, 0) is 20.7 Å². The molecule has 0 saturated heterocycles. The number of para-hydroxylation sites is 1. The van der Waals surface area contributed by atoms with Crippen LogP contribution in [-0.4, -0.2) is 73.6 Å². The minimum atomic E-state index is -2.93. The molecule has 0 heterocycles. The van der Waals surface area contributed by atoms with Crippen molar-refractivity contribution in [2.75, 3.05) is 44.8 Å². The number of carboxylic acids is 1. The van der Waals surface area contributed by atoms with Crippen LogP contribution in [0.5, 0.6) is 17.2 Å². The Hall–Kier alpha value is -4.22. The number of anilines is 1. The van der Waals surface area contributed by atoms with Crippen LogP contribution in [0, 0.1) is 0 Å². The van der Waals surface area contributed by atoms with E-state index in [2.05, 4.69) is 5.32 Å². The number of hydrogen-bond donors (Lipinski definition) is 2. The molecule has 2 N–H and O–H groups in total. The van der Waals surface area contributed by atoms with E-state index >= 15 is 0 Å². The van der Waals surface area contributed by atoms with Gasteiger partial charge in [-0.15, -0.1) is 0 Å². The Bertz CT molecular complexity index is 1260. The minimum absolute atomic E-state index is 0.0666. The molecule has 0 bridgehead atoms. The van der Waals surface area contributed by atoms with Gasteiger partial charge in [0.2, 0.25) is 0 Å². The van der Waals surface area contributed by atoms with Crippen LogP contribution >= 0.6 is 0 Å². The van der Waals surface area contributed by atoms with Crippen LogP contribution in [0.4, 0.5) is 19.3 Å². The van der Waals surface area contributed by atoms with Crippen LogP contribution in [0.15, 0.2) is 78.9 Å². The van der Waals surface area contributed by atoms with Crippen LogP contribution in [0.2, 0.25) is 0 Å². The van der Waals surface area contributed by atoms with Gasteiger partial charge in [0.25, 0.3) is 5.92 Å². The van der Waals surface area contributed by atoms with Gasteiger partial charge in [0.05, 0.1) is 13.2 Å². The van der Waals surface area contributed by atoms with Gasteiger partial charge < -0.3 is 34.3 Å². The lowest BCUT2D eigenvalue weighted by Crippen LogP contribution is -2.40. The lowest BCUT2D eigenvalue weighted by atomic mass is 10.1. The Balaban J connectivity index is 1.56. The van der Waals surface area contributed by atoms with Crippen LogP contribution in [0.25, 0.3) is 0 Å². The normalized spacial score (nSPS) is 11.9. The number of rotatable bonds is 18. The zero-order valence-electron chi connectivity index (χ0n) is 24.3. The number of aliphatic carboxylic acids is 1. The van der Waals surface area contributed by atoms with Crippen LogP contribution < -0.4 is 14.8 Å². The molecule has 0 aromatic heterocycles. The summed E-state index contributed by atoms with van der Waals surface area (Å²) < 4.78 is 49.1. The smallest absolute Gasteiger partial charge is 0.333 e. The average Bonchev–Trinajstić information content (AvgIpc) is 3.00. The monoisotopic (exact) mass is 600 g/mol. The number of alkyl halides is 2. The van der Waals surface area contributed by atoms with Crippen molar-refractivity contribution < 1.29 is 42.4 Å². The summed E-state index contributed by atoms with van der Waals surface area (Å²) in [6.07, 6.45) is -1.06. The fourth-order valence-electron chi connectivity index (χ4n) is 3.87. The zero-order valence-corrected chi connectivity index (χ0v) is 24.3. The molecule has 0 aliphatic carbocycles. The number of nitrogens with zero attached hydrogens (tertiary/aromatic N) is 1. The number of urea groups is 1. The highest BCUT2D eigenvalue weighted by Gasteiger charge is 2.26. The van der Waals surface area contributed by atoms with Gasteiger partial charge in [-0.1, -0.05) is 37.3 Å². The van der Waals surface area contributed by atoms with Gasteiger partial charge in [-0.2, -0.15) is 0 Å². The number of carbonyl (C=O) groups excluding carboxylic acids is 1. The fraction of sp³-hybridized carbons (Fsp3) is 0.375. The molecule has 0 aliphatic rings. The largest absolute Gasteiger partial charge is 0.492 e. The number of nitrogens with one attached hydrogen (secondary N) is 1. The van der Waals surface area contributed by atoms with Gasteiger partial charge >= 0.3 is 12.0 Å². The van der Waals surface area contributed by atoms with Crippen molar-refractivity contribution in [1.29, 1.82) is 0 Å². The van der Waals surface area contributed by atoms with Crippen molar-refractivity contribution >= 4 is 17.7 Å². The molecule has 0 saturated carbocycles. The molecule has 232 valence electrons. The number of carboxylic acid groups (broad SMARTS) is 1. The second kappa shape index (κ2) is 17.0. The number of benzene rings is 3. The van der Waals surface area contributed by atoms with Gasteiger partial charge in [-0.25, -0.2) is 18.4 Å². The van der Waals surface area contributed by atoms with Crippen molar-refractivity contribution in [3.8, 4) is 17.2 Å². The van der Waals surface area contributed by atoms with Crippen molar-refractivity contribution in [1.82, 2.24) is 4.90 Å². The molecule has 0 aliphatic heterocycles. The van der Waals surface area contributed by atoms with E-state index in [0.717, 1.165) is 5.56 Å². The van der Waals surface area contributed by atoms with E-state index in [-0.39, 0.29) is 39.1 Å². The first kappa shape index (κ1) is 33.3. The summed E-state index contributed by atoms with van der Waals surface area (Å²) in [7, 11) is 0. The van der Waals surface area contributed by atoms with E-state index in [9.17, 15) is 23.5 Å². The maximum Gasteiger partial charge on any atom is 0.333 e. The molecule has 0 fully saturated rings. The van der Waals surface area contributed by atoms with Gasteiger partial charge in [0, 0.05) is 31.7 Å². The molecule has 0 spiro atoms. The summed E-state index contributed by atoms with van der Waals surface area (Å²) in [5.41, 5.74) is 1.30. The number of ether oxygens (including phenoxy) is 4. The Morgan fingerprint density at radius 3 is 2.14 bits per heavy atom. The van der Waals surface area contributed by atoms with E-state index in [0.29, 0.717) is 29.5 Å². The van der Waals surface area contributed by atoms with E-state index < -0.39 is 30.6 Å². The Morgan fingerprint density at radius 1 is 0.884 bits per heavy atom. The van der Waals surface area contributed by atoms with Gasteiger partial charge in [0.15, 0.2) is 6.10 Å². The molecule has 1 atom stereocenters. The Kier molecular flexibility index (Phi) is 13.2. The average molecular weight is 601 g/mol. The van der Waals surface area contributed by atoms with Crippen molar-refractivity contribution in [3.05, 3.63) is 84.4 Å². The van der Waals surface area contributed by atoms with E-state index in [1.54, 1.807) is 55.5 Å². The molecule has 9 nitrogen and oxygen atoms in total. The van der Waals surface area contributed by atoms with Crippen LogP contribution in [0.3, 0.4) is 0 Å². The van der Waals surface area contributed by atoms with Crippen molar-refractivity contribution in [2.24, 2.45) is 0 Å². The fourth-order valence-corrected chi connectivity index (χ4v) is 3.87. The summed E-state index contributed by atoms with van der Waals surface area (Å²) in [6, 6.07) is 22.6. The van der Waals surface area contributed by atoms with Crippen LogP contribution in [0.1, 0.15) is 25.8 Å². The summed E-state index contributed by atoms with van der Waals surface area (Å²) in [6.45, 7) is 2.95. The molecule has 0 radical (unpaired) electrons. The third-order valence-electron chi connectivity index (χ3n) is 6.33. The molecule has 43 heavy (non-hydrogen) atoms. The third-order valence-corrected chi connectivity index (χ3v) is 6.33. The zero-order chi connectivity index (χ0) is 31.1. The highest BCUT2D eigenvalue weighted by molar-refractivity contribution is 5.89. The summed E-state index contributed by atoms with van der Waals surface area (Å²) in [5, 5.41) is 12.1. The van der Waals surface area contributed by atoms with Gasteiger partial charge in [-0.05, 0) is 61.0 Å². The molecule has 2 amide bonds. The molecule has 3 aromatic rings. The summed E-state index contributed by atoms with van der Waals surface area (Å²) in [4.78, 5) is 25.9. The number of halogens is 2. The predicted octanol–water partition coefficient (Wildman–Crippen LogP) is 6.49. The lowest BCUT2D eigenvalue weighted by Gasteiger charge is -2.24. The summed E-state index contributed by atoms with van der Waals surface area (Å²) in [5.74, 6) is -2.15. The topological polar surface area (TPSA) is 107 Å². The SMILES string of the molecule is CCOC(Cc1ccc(OCCN(CCOCC(F)(F)CC)C(=O)Nc2ccc(Oc3ccccc3)cc2)cc1)C(=O)O. The molecular weight excluding hydrogens is 562 g/mol. The van der Waals surface area contributed by atoms with E-state index in [1.807, 2.05) is 30.3 Å². The molecular formula is C32H38F2N2O7. The lowest BCUT2D eigenvalue weighted by molar-refractivity contribution is -0.149. The van der Waals surface area contributed by atoms with Crippen molar-refractivity contribution in [3.63, 3.8) is 0 Å². The highest BCUT2D eigenvalue weighted by Crippen LogP contribution is 2.23. The van der Waals surface area contributed by atoms with E-state index in [1.165, 1.54) is 11.8 Å². The number of carbonyl (C=O) groups is 2. The maximum atomic E-state index is 13.6. The third kappa shape index (κ3) is 11.9. The quantitative estimate of drug-likeness (QED) is 0.161. The first-order valence-corrected chi connectivity index (χ1v) is 14.1. The van der Waals surface area contributed by atoms with Crippen molar-refractivity contribution in [2.45, 2.75) is 38.7 Å². The summed E-state index contributed by atoms with van der Waals surface area (Å²) >= 11 is 0. The molecule has 1 unspecified atom stereocenters. The predicted molar refractivity (Wildman–Crippen MR) is 158 cm³/mol. The minimum Gasteiger partial charge on any atom is -0.492 e. The first-order valence-electron chi connectivity index (χ1n) is 14.1. The first-order chi connectivity index (χ1) is 20.7. The second-order valence-corrected chi connectivity index (χ2v) is 9.60. The molecule has 11 heteroatoms. The number of amides is 2. The standard InChI is InChI=1S/C32H38F2N2O7/c1-3-32(33,34)23-40-20-18-36(19-21-42-26-14-10-24(11-15-26)22-29(30(37)38)41-4-2)31(39)35-25-12-16-28(17-13-25)43-27-8-6-5-7-9-27/h5-17,29H,3-4,18-23H2,1-2H3,(H,35,39)(H,37,38). The molecule has 3 aromatic carbocycles.